The molecule has 4 rings (SSSR count). The number of piperidine rings is 1. The van der Waals surface area contributed by atoms with E-state index in [9.17, 15) is 19.4 Å². The van der Waals surface area contributed by atoms with Gasteiger partial charge in [0.2, 0.25) is 5.88 Å². The van der Waals surface area contributed by atoms with Gasteiger partial charge in [-0.3, -0.25) is 9.59 Å². The maximum absolute atomic E-state index is 13.5. The summed E-state index contributed by atoms with van der Waals surface area (Å²) >= 11 is 0. The second kappa shape index (κ2) is 11.1. The highest BCUT2D eigenvalue weighted by atomic mass is 31.2. The van der Waals surface area contributed by atoms with E-state index in [1.54, 1.807) is 43.6 Å². The van der Waals surface area contributed by atoms with Crippen LogP contribution >= 0.6 is 8.38 Å². The van der Waals surface area contributed by atoms with E-state index in [0.717, 1.165) is 19.3 Å². The summed E-state index contributed by atoms with van der Waals surface area (Å²) in [6.07, 6.45) is 4.46. The van der Waals surface area contributed by atoms with Crippen molar-refractivity contribution in [2.45, 2.75) is 25.8 Å². The second-order valence-electron chi connectivity index (χ2n) is 8.53. The van der Waals surface area contributed by atoms with E-state index in [4.69, 9.17) is 9.47 Å². The molecule has 2 N–H and O–H groups in total. The van der Waals surface area contributed by atoms with E-state index in [0.29, 0.717) is 59.0 Å². The number of fused-ring (bicyclic) bond motifs is 1. The topological polar surface area (TPSA) is 127 Å². The van der Waals surface area contributed by atoms with Crippen LogP contribution in [0.5, 0.6) is 11.6 Å². The Morgan fingerprint density at radius 3 is 2.49 bits per heavy atom. The van der Waals surface area contributed by atoms with E-state index in [-0.39, 0.29) is 17.9 Å². The van der Waals surface area contributed by atoms with Crippen LogP contribution in [0.25, 0.3) is 10.8 Å². The number of rotatable bonds is 9. The molecule has 1 saturated heterocycles. The zero-order chi connectivity index (χ0) is 24.9. The van der Waals surface area contributed by atoms with Crippen molar-refractivity contribution in [2.24, 2.45) is 5.92 Å². The van der Waals surface area contributed by atoms with Crippen molar-refractivity contribution in [3.63, 3.8) is 0 Å². The number of methoxy groups -OCH3 is 2. The number of benzene rings is 1. The predicted molar refractivity (Wildman–Crippen MR) is 133 cm³/mol. The predicted octanol–water partition coefficient (Wildman–Crippen LogP) is 2.59. The fraction of sp³-hybridized carbons (Fsp3) is 0.417. The van der Waals surface area contributed by atoms with Crippen LogP contribution in [0, 0.1) is 5.92 Å². The number of pyridine rings is 1. The molecule has 0 radical (unpaired) electrons. The molecule has 10 nitrogen and oxygen atoms in total. The monoisotopic (exact) mass is 500 g/mol. The molecule has 1 aliphatic rings. The first kappa shape index (κ1) is 25.0. The van der Waals surface area contributed by atoms with Gasteiger partial charge in [0.05, 0.1) is 25.8 Å². The van der Waals surface area contributed by atoms with E-state index in [1.165, 1.54) is 11.8 Å². The number of carbonyl (C=O) groups is 1. The minimum atomic E-state index is -1.87. The van der Waals surface area contributed by atoms with Crippen molar-refractivity contribution in [3.8, 4) is 11.6 Å². The minimum Gasteiger partial charge on any atom is -0.497 e. The molecule has 1 aromatic carbocycles. The van der Waals surface area contributed by atoms with Crippen molar-refractivity contribution in [1.82, 2.24) is 14.8 Å². The number of ether oxygens (including phenoxy) is 2. The Labute approximate surface area is 204 Å². The van der Waals surface area contributed by atoms with Gasteiger partial charge in [0.1, 0.15) is 18.1 Å². The lowest BCUT2D eigenvalue weighted by Crippen LogP contribution is -2.36. The SMILES string of the molecule is COc1ccc(C(=O)Cn2ncc3cc(OC)nc(N4CCC(CCP(O)O)CC4)c3c2=O)cc1. The second-order valence-corrected chi connectivity index (χ2v) is 9.72. The fourth-order valence-electron chi connectivity index (χ4n) is 4.34. The standard InChI is InChI=1S/C24H29N4O6P/c1-33-19-5-3-17(4-6-19)20(29)15-28-24(30)22-18(14-25-28)13-21(34-2)26-23(22)27-10-7-16(8-11-27)9-12-35(31)32/h3-6,13-14,16,31-32H,7-12,15H2,1-2H3. The first-order chi connectivity index (χ1) is 16.9. The highest BCUT2D eigenvalue weighted by Crippen LogP contribution is 2.33. The molecule has 11 heteroatoms. The van der Waals surface area contributed by atoms with Crippen molar-refractivity contribution in [1.29, 1.82) is 0 Å². The lowest BCUT2D eigenvalue weighted by atomic mass is 9.94. The molecule has 186 valence electrons. The molecule has 3 aromatic rings. The number of hydrogen-bond donors (Lipinski definition) is 2. The Morgan fingerprint density at radius 2 is 1.86 bits per heavy atom. The normalized spacial score (nSPS) is 14.5. The zero-order valence-corrected chi connectivity index (χ0v) is 20.6. The fourth-order valence-corrected chi connectivity index (χ4v) is 4.94. The molecule has 3 heterocycles. The van der Waals surface area contributed by atoms with Gasteiger partial charge in [0.15, 0.2) is 14.2 Å². The molecule has 0 amide bonds. The van der Waals surface area contributed by atoms with Gasteiger partial charge in [0, 0.05) is 36.3 Å². The molecule has 0 atom stereocenters. The number of aromatic nitrogens is 3. The Kier molecular flexibility index (Phi) is 7.95. The molecule has 0 spiro atoms. The Morgan fingerprint density at radius 1 is 1.14 bits per heavy atom. The highest BCUT2D eigenvalue weighted by Gasteiger charge is 2.25. The maximum atomic E-state index is 13.5. The molecule has 0 unspecified atom stereocenters. The average Bonchev–Trinajstić information content (AvgIpc) is 2.88. The van der Waals surface area contributed by atoms with Crippen molar-refractivity contribution >= 4 is 30.7 Å². The highest BCUT2D eigenvalue weighted by molar-refractivity contribution is 7.45. The van der Waals surface area contributed by atoms with Gasteiger partial charge in [-0.05, 0) is 49.4 Å². The summed E-state index contributed by atoms with van der Waals surface area (Å²) in [5.41, 5.74) is 0.0759. The quantitative estimate of drug-likeness (QED) is 0.337. The molecule has 1 aliphatic heterocycles. The number of anilines is 1. The van der Waals surface area contributed by atoms with Crippen LogP contribution in [0.4, 0.5) is 5.82 Å². The Balaban J connectivity index is 1.62. The van der Waals surface area contributed by atoms with Gasteiger partial charge in [0.25, 0.3) is 5.56 Å². The lowest BCUT2D eigenvalue weighted by Gasteiger charge is -2.33. The van der Waals surface area contributed by atoms with Gasteiger partial charge < -0.3 is 24.2 Å². The van der Waals surface area contributed by atoms with Crippen molar-refractivity contribution in [3.05, 3.63) is 52.4 Å². The first-order valence-corrected chi connectivity index (χ1v) is 12.8. The van der Waals surface area contributed by atoms with Gasteiger partial charge in [-0.2, -0.15) is 10.1 Å². The van der Waals surface area contributed by atoms with Gasteiger partial charge in [-0.25, -0.2) is 4.68 Å². The third kappa shape index (κ3) is 5.78. The van der Waals surface area contributed by atoms with E-state index < -0.39 is 8.38 Å². The summed E-state index contributed by atoms with van der Waals surface area (Å²) < 4.78 is 11.7. The zero-order valence-electron chi connectivity index (χ0n) is 19.8. The smallest absolute Gasteiger partial charge is 0.278 e. The molecule has 0 saturated carbocycles. The molecule has 35 heavy (non-hydrogen) atoms. The van der Waals surface area contributed by atoms with Gasteiger partial charge in [-0.15, -0.1) is 0 Å². The van der Waals surface area contributed by atoms with Gasteiger partial charge >= 0.3 is 0 Å². The third-order valence-corrected chi connectivity index (χ3v) is 7.02. The van der Waals surface area contributed by atoms with E-state index in [1.807, 2.05) is 0 Å². The summed E-state index contributed by atoms with van der Waals surface area (Å²) in [4.78, 5) is 51.4. The van der Waals surface area contributed by atoms with Crippen molar-refractivity contribution < 1.29 is 24.1 Å². The van der Waals surface area contributed by atoms with Crippen LogP contribution in [-0.2, 0) is 6.54 Å². The molecular formula is C24H29N4O6P. The third-order valence-electron chi connectivity index (χ3n) is 6.36. The summed E-state index contributed by atoms with van der Waals surface area (Å²) in [6.45, 7) is 1.17. The lowest BCUT2D eigenvalue weighted by molar-refractivity contribution is 0.0966. The van der Waals surface area contributed by atoms with E-state index >= 15 is 0 Å². The Hall–Kier alpha value is -3.07. The summed E-state index contributed by atoms with van der Waals surface area (Å²) in [5, 5.41) is 5.23. The molecule has 1 fully saturated rings. The van der Waals surface area contributed by atoms with Crippen LogP contribution < -0.4 is 19.9 Å². The van der Waals surface area contributed by atoms with E-state index in [2.05, 4.69) is 15.0 Å². The van der Waals surface area contributed by atoms with Gasteiger partial charge in [-0.1, -0.05) is 0 Å². The molecular weight excluding hydrogens is 471 g/mol. The van der Waals surface area contributed by atoms with Crippen LogP contribution in [0.15, 0.2) is 41.3 Å². The number of carbonyl (C=O) groups excluding carboxylic acids is 1. The van der Waals surface area contributed by atoms with Crippen LogP contribution in [0.1, 0.15) is 29.6 Å². The largest absolute Gasteiger partial charge is 0.497 e. The van der Waals surface area contributed by atoms with Crippen molar-refractivity contribution in [2.75, 3.05) is 38.4 Å². The molecule has 0 bridgehead atoms. The van der Waals surface area contributed by atoms with Crippen LogP contribution in [-0.4, -0.2) is 63.8 Å². The molecule has 2 aromatic heterocycles. The summed E-state index contributed by atoms with van der Waals surface area (Å²) in [5.74, 6) is 1.70. The minimum absolute atomic E-state index is 0.194. The maximum Gasteiger partial charge on any atom is 0.278 e. The summed E-state index contributed by atoms with van der Waals surface area (Å²) in [6, 6.07) is 8.38. The number of Topliss-reactive ketones (excluding diaryl/α,β-unsaturated/α-hetero) is 1. The van der Waals surface area contributed by atoms with Crippen LogP contribution in [0.3, 0.4) is 0 Å². The van der Waals surface area contributed by atoms with Crippen LogP contribution in [0.2, 0.25) is 0 Å². The first-order valence-electron chi connectivity index (χ1n) is 11.4. The number of hydrogen-bond acceptors (Lipinski definition) is 9. The number of nitrogens with zero attached hydrogens (tertiary/aromatic N) is 4. The molecule has 0 aliphatic carbocycles. The average molecular weight is 500 g/mol. The summed E-state index contributed by atoms with van der Waals surface area (Å²) in [7, 11) is 1.20. The Bertz CT molecular complexity index is 1240. The number of ketones is 1.